The maximum atomic E-state index is 9.70. The Hall–Kier alpha value is -2.62. The normalized spacial score (nSPS) is 16.8. The predicted octanol–water partition coefficient (Wildman–Crippen LogP) is 2.47. The quantitative estimate of drug-likeness (QED) is 0.593. The van der Waals surface area contributed by atoms with Crippen molar-refractivity contribution in [3.8, 4) is 5.75 Å². The van der Waals surface area contributed by atoms with Crippen LogP contribution in [0.4, 0.5) is 10.9 Å². The molecule has 4 rings (SSSR count). The number of thiazole rings is 1. The van der Waals surface area contributed by atoms with Gasteiger partial charge < -0.3 is 20.3 Å². The number of ether oxygens (including phenoxy) is 1. The molecule has 0 saturated heterocycles. The lowest BCUT2D eigenvalue weighted by molar-refractivity contribution is 0.0928. The van der Waals surface area contributed by atoms with Crippen molar-refractivity contribution in [1.82, 2.24) is 19.9 Å². The number of hydrogen-bond donors (Lipinski definition) is 3. The Bertz CT molecular complexity index is 948. The molecule has 8 nitrogen and oxygen atoms in total. The van der Waals surface area contributed by atoms with Crippen molar-refractivity contribution in [2.24, 2.45) is 0 Å². The summed E-state index contributed by atoms with van der Waals surface area (Å²) in [6.07, 6.45) is 5.70. The van der Waals surface area contributed by atoms with Crippen LogP contribution in [-0.2, 0) is 6.42 Å². The Kier molecular flexibility index (Phi) is 4.97. The number of aliphatic hydroxyl groups is 2. The Balaban J connectivity index is 1.57. The van der Waals surface area contributed by atoms with E-state index in [1.807, 2.05) is 13.0 Å². The van der Waals surface area contributed by atoms with E-state index in [-0.39, 0.29) is 12.7 Å². The van der Waals surface area contributed by atoms with Gasteiger partial charge in [0, 0.05) is 23.3 Å². The zero-order valence-electron chi connectivity index (χ0n) is 14.7. The first-order valence-corrected chi connectivity index (χ1v) is 9.45. The minimum atomic E-state index is -0.992. The average Bonchev–Trinajstić information content (AvgIpc) is 3.31. The van der Waals surface area contributed by atoms with Crippen LogP contribution in [0.3, 0.4) is 0 Å². The molecular formula is C18H19N5O3S. The number of hydrogen-bond acceptors (Lipinski definition) is 9. The molecule has 0 saturated carbocycles. The maximum Gasteiger partial charge on any atom is 0.188 e. The predicted molar refractivity (Wildman–Crippen MR) is 100 cm³/mol. The fourth-order valence-corrected chi connectivity index (χ4v) is 3.72. The highest BCUT2D eigenvalue weighted by Gasteiger charge is 2.26. The zero-order valence-corrected chi connectivity index (χ0v) is 15.5. The minimum Gasteiger partial charge on any atom is -0.482 e. The van der Waals surface area contributed by atoms with Gasteiger partial charge in [0.05, 0.1) is 18.0 Å². The molecule has 0 fully saturated rings. The second-order valence-corrected chi connectivity index (χ2v) is 7.19. The second kappa shape index (κ2) is 7.55. The van der Waals surface area contributed by atoms with E-state index in [0.29, 0.717) is 22.4 Å². The van der Waals surface area contributed by atoms with Gasteiger partial charge in [0.25, 0.3) is 0 Å². The van der Waals surface area contributed by atoms with Gasteiger partial charge >= 0.3 is 0 Å². The summed E-state index contributed by atoms with van der Waals surface area (Å²) < 4.78 is 6.24. The number of fused-ring (bicyclic) bond motifs is 1. The number of aromatic nitrogens is 4. The molecule has 0 radical (unpaired) electrons. The van der Waals surface area contributed by atoms with Crippen molar-refractivity contribution >= 4 is 22.3 Å². The molecule has 2 atom stereocenters. The van der Waals surface area contributed by atoms with Crippen LogP contribution in [0, 0.1) is 6.92 Å². The number of anilines is 2. The van der Waals surface area contributed by atoms with Crippen molar-refractivity contribution in [1.29, 1.82) is 0 Å². The smallest absolute Gasteiger partial charge is 0.188 e. The third kappa shape index (κ3) is 3.75. The van der Waals surface area contributed by atoms with Gasteiger partial charge in [-0.05, 0) is 31.4 Å². The van der Waals surface area contributed by atoms with E-state index in [9.17, 15) is 5.11 Å². The third-order valence-corrected chi connectivity index (χ3v) is 5.11. The molecule has 2 unspecified atom stereocenters. The van der Waals surface area contributed by atoms with Crippen LogP contribution in [0.5, 0.6) is 5.75 Å². The molecule has 0 amide bonds. The molecule has 9 heteroatoms. The maximum absolute atomic E-state index is 9.70. The molecular weight excluding hydrogens is 366 g/mol. The van der Waals surface area contributed by atoms with Gasteiger partial charge in [0.1, 0.15) is 18.5 Å². The van der Waals surface area contributed by atoms with Crippen LogP contribution in [0.1, 0.15) is 41.1 Å². The number of aryl methyl sites for hydroxylation is 2. The number of nitrogens with one attached hydrogen (secondary N) is 1. The van der Waals surface area contributed by atoms with Gasteiger partial charge in [0.15, 0.2) is 16.7 Å². The summed E-state index contributed by atoms with van der Waals surface area (Å²) in [4.78, 5) is 17.1. The van der Waals surface area contributed by atoms with Crippen LogP contribution in [0.15, 0.2) is 30.2 Å². The molecule has 3 heterocycles. The summed E-state index contributed by atoms with van der Waals surface area (Å²) >= 11 is 1.32. The van der Waals surface area contributed by atoms with E-state index >= 15 is 0 Å². The summed E-state index contributed by atoms with van der Waals surface area (Å²) in [5, 5.41) is 24.2. The van der Waals surface area contributed by atoms with Gasteiger partial charge in [-0.3, -0.25) is 0 Å². The first-order chi connectivity index (χ1) is 13.1. The fraction of sp³-hybridized carbons (Fsp3) is 0.333. The SMILES string of the molecule is Cc1cnc(Nc2nc(C(O)CO)cs2)c(OC2CCc3ncncc32)c1. The number of nitrogens with zero attached hydrogens (tertiary/aromatic N) is 4. The molecule has 0 aliphatic heterocycles. The molecule has 0 bridgehead atoms. The highest BCUT2D eigenvalue weighted by atomic mass is 32.1. The van der Waals surface area contributed by atoms with Crippen LogP contribution in [-0.4, -0.2) is 36.8 Å². The summed E-state index contributed by atoms with van der Waals surface area (Å²) in [5.41, 5.74) is 3.43. The van der Waals surface area contributed by atoms with Crippen LogP contribution in [0.25, 0.3) is 0 Å². The van der Waals surface area contributed by atoms with E-state index in [1.54, 1.807) is 24.1 Å². The van der Waals surface area contributed by atoms with Crippen LogP contribution >= 0.6 is 11.3 Å². The lowest BCUT2D eigenvalue weighted by atomic mass is 10.2. The largest absolute Gasteiger partial charge is 0.482 e. The molecule has 140 valence electrons. The summed E-state index contributed by atoms with van der Waals surface area (Å²) in [7, 11) is 0. The second-order valence-electron chi connectivity index (χ2n) is 6.33. The van der Waals surface area contributed by atoms with E-state index < -0.39 is 6.10 Å². The van der Waals surface area contributed by atoms with E-state index in [1.165, 1.54) is 11.3 Å². The molecule has 1 aliphatic rings. The zero-order chi connectivity index (χ0) is 18.8. The van der Waals surface area contributed by atoms with Gasteiger partial charge in [-0.1, -0.05) is 0 Å². The monoisotopic (exact) mass is 385 g/mol. The van der Waals surface area contributed by atoms with Gasteiger partial charge in [0.2, 0.25) is 0 Å². The van der Waals surface area contributed by atoms with Gasteiger partial charge in [-0.15, -0.1) is 11.3 Å². The lowest BCUT2D eigenvalue weighted by Crippen LogP contribution is -2.07. The third-order valence-electron chi connectivity index (χ3n) is 4.34. The van der Waals surface area contributed by atoms with E-state index in [2.05, 4.69) is 25.3 Å². The molecule has 3 aromatic heterocycles. The molecule has 27 heavy (non-hydrogen) atoms. The van der Waals surface area contributed by atoms with Crippen molar-refractivity contribution in [3.05, 3.63) is 52.7 Å². The Labute approximate surface area is 160 Å². The molecule has 0 spiro atoms. The first-order valence-electron chi connectivity index (χ1n) is 8.57. The van der Waals surface area contributed by atoms with Crippen LogP contribution < -0.4 is 10.1 Å². The molecule has 1 aliphatic carbocycles. The molecule has 3 aromatic rings. The summed E-state index contributed by atoms with van der Waals surface area (Å²) in [6, 6.07) is 1.92. The highest BCUT2D eigenvalue weighted by Crippen LogP contribution is 2.37. The average molecular weight is 385 g/mol. The van der Waals surface area contributed by atoms with Crippen LogP contribution in [0.2, 0.25) is 0 Å². The number of aliphatic hydroxyl groups excluding tert-OH is 2. The Morgan fingerprint density at radius 1 is 1.37 bits per heavy atom. The van der Waals surface area contributed by atoms with E-state index in [0.717, 1.165) is 29.7 Å². The number of rotatable bonds is 6. The molecule has 3 N–H and O–H groups in total. The summed E-state index contributed by atoms with van der Waals surface area (Å²) in [5.74, 6) is 1.17. The van der Waals surface area contributed by atoms with Crippen molar-refractivity contribution in [2.45, 2.75) is 32.0 Å². The Morgan fingerprint density at radius 2 is 2.26 bits per heavy atom. The standard InChI is InChI=1S/C18H19N5O3S/c1-10-4-16(26-15-3-2-12-11(15)6-19-9-21-12)17(20-5-10)23-18-22-13(8-27-18)14(25)7-24/h4-6,8-9,14-15,24-25H,2-3,7H2,1H3,(H,20,22,23). The van der Waals surface area contributed by atoms with Gasteiger partial charge in [-0.25, -0.2) is 19.9 Å². The van der Waals surface area contributed by atoms with Gasteiger partial charge in [-0.2, -0.15) is 0 Å². The minimum absolute atomic E-state index is 0.117. The number of pyridine rings is 1. The van der Waals surface area contributed by atoms with E-state index in [4.69, 9.17) is 9.84 Å². The lowest BCUT2D eigenvalue weighted by Gasteiger charge is -2.17. The topological polar surface area (TPSA) is 113 Å². The Morgan fingerprint density at radius 3 is 3.11 bits per heavy atom. The summed E-state index contributed by atoms with van der Waals surface area (Å²) in [6.45, 7) is 1.58. The van der Waals surface area contributed by atoms with Crippen molar-refractivity contribution in [3.63, 3.8) is 0 Å². The van der Waals surface area contributed by atoms with Crippen molar-refractivity contribution in [2.75, 3.05) is 11.9 Å². The van der Waals surface area contributed by atoms with Crippen molar-refractivity contribution < 1.29 is 14.9 Å². The fourth-order valence-electron chi connectivity index (χ4n) is 2.96. The first kappa shape index (κ1) is 17.8. The molecule has 0 aromatic carbocycles. The highest BCUT2D eigenvalue weighted by molar-refractivity contribution is 7.13.